The van der Waals surface area contributed by atoms with Gasteiger partial charge in [-0.25, -0.2) is 8.42 Å². The van der Waals surface area contributed by atoms with Crippen LogP contribution in [0.3, 0.4) is 0 Å². The smallest absolute Gasteiger partial charge is 0.251 e. The van der Waals surface area contributed by atoms with Crippen LogP contribution in [0.2, 0.25) is 0 Å². The van der Waals surface area contributed by atoms with Crippen molar-refractivity contribution in [1.82, 2.24) is 5.32 Å². The largest absolute Gasteiger partial charge is 0.492 e. The molecule has 0 aliphatic rings. The summed E-state index contributed by atoms with van der Waals surface area (Å²) in [6.45, 7) is 4.95. The zero-order valence-electron chi connectivity index (χ0n) is 18.5. The Morgan fingerprint density at radius 3 is 2.16 bits per heavy atom. The van der Waals surface area contributed by atoms with Gasteiger partial charge in [0.25, 0.3) is 5.91 Å². The van der Waals surface area contributed by atoms with Gasteiger partial charge >= 0.3 is 0 Å². The molecule has 0 aliphatic carbocycles. The lowest BCUT2D eigenvalue weighted by Crippen LogP contribution is -2.30. The fourth-order valence-corrected chi connectivity index (χ4v) is 4.27. The molecular formula is C25H28N2O4S. The van der Waals surface area contributed by atoms with Crippen molar-refractivity contribution in [3.63, 3.8) is 0 Å². The summed E-state index contributed by atoms with van der Waals surface area (Å²) in [6.07, 6.45) is 1.17. The second kappa shape index (κ2) is 10.3. The van der Waals surface area contributed by atoms with Gasteiger partial charge in [0.05, 0.1) is 25.0 Å². The van der Waals surface area contributed by atoms with Crippen LogP contribution in [0.4, 0.5) is 5.69 Å². The van der Waals surface area contributed by atoms with Crippen molar-refractivity contribution in [2.75, 3.05) is 23.7 Å². The summed E-state index contributed by atoms with van der Waals surface area (Å²) in [7, 11) is -3.48. The van der Waals surface area contributed by atoms with E-state index in [0.29, 0.717) is 24.4 Å². The van der Waals surface area contributed by atoms with E-state index in [1.165, 1.54) is 10.6 Å². The van der Waals surface area contributed by atoms with Crippen LogP contribution in [0.1, 0.15) is 27.0 Å². The monoisotopic (exact) mass is 452 g/mol. The van der Waals surface area contributed by atoms with E-state index in [9.17, 15) is 13.2 Å². The van der Waals surface area contributed by atoms with Crippen LogP contribution in [0, 0.1) is 13.8 Å². The number of rotatable bonds is 9. The highest BCUT2D eigenvalue weighted by Crippen LogP contribution is 2.21. The van der Waals surface area contributed by atoms with Crippen molar-refractivity contribution >= 4 is 21.6 Å². The molecule has 0 bridgehead atoms. The second-order valence-electron chi connectivity index (χ2n) is 7.73. The highest BCUT2D eigenvalue weighted by atomic mass is 32.2. The van der Waals surface area contributed by atoms with Crippen molar-refractivity contribution in [3.8, 4) is 5.75 Å². The Hall–Kier alpha value is -3.32. The summed E-state index contributed by atoms with van der Waals surface area (Å²) < 4.78 is 31.7. The molecule has 168 valence electrons. The lowest BCUT2D eigenvalue weighted by molar-refractivity contribution is 0.0947. The third kappa shape index (κ3) is 6.59. The van der Waals surface area contributed by atoms with E-state index in [1.54, 1.807) is 24.3 Å². The normalized spacial score (nSPS) is 11.1. The van der Waals surface area contributed by atoms with Crippen molar-refractivity contribution in [1.29, 1.82) is 0 Å². The average molecular weight is 453 g/mol. The molecule has 0 saturated heterocycles. The summed E-state index contributed by atoms with van der Waals surface area (Å²) in [6, 6.07) is 21.9. The minimum Gasteiger partial charge on any atom is -0.492 e. The summed E-state index contributed by atoms with van der Waals surface area (Å²) in [5, 5.41) is 2.82. The Morgan fingerprint density at radius 1 is 0.938 bits per heavy atom. The maximum absolute atomic E-state index is 12.4. The highest BCUT2D eigenvalue weighted by molar-refractivity contribution is 7.92. The van der Waals surface area contributed by atoms with Crippen LogP contribution >= 0.6 is 0 Å². The number of hydrogen-bond donors (Lipinski definition) is 1. The number of carbonyl (C=O) groups excluding carboxylic acids is 1. The molecule has 6 nitrogen and oxygen atoms in total. The predicted octanol–water partition coefficient (Wildman–Crippen LogP) is 4.08. The molecule has 0 spiro atoms. The fourth-order valence-electron chi connectivity index (χ4n) is 3.38. The minimum absolute atomic E-state index is 0.223. The van der Waals surface area contributed by atoms with Crippen LogP contribution in [0.25, 0.3) is 0 Å². The first-order chi connectivity index (χ1) is 15.2. The van der Waals surface area contributed by atoms with Crippen LogP contribution in [0.15, 0.2) is 72.8 Å². The molecule has 0 aliphatic heterocycles. The zero-order chi connectivity index (χ0) is 23.1. The number of nitrogens with zero attached hydrogens (tertiary/aromatic N) is 1. The average Bonchev–Trinajstić information content (AvgIpc) is 2.74. The lowest BCUT2D eigenvalue weighted by atomic mass is 10.1. The Morgan fingerprint density at radius 2 is 1.56 bits per heavy atom. The number of nitrogens with one attached hydrogen (secondary N) is 1. The molecule has 0 saturated carbocycles. The van der Waals surface area contributed by atoms with Gasteiger partial charge in [0, 0.05) is 5.56 Å². The quantitative estimate of drug-likeness (QED) is 0.497. The van der Waals surface area contributed by atoms with Gasteiger partial charge in [-0.15, -0.1) is 0 Å². The zero-order valence-corrected chi connectivity index (χ0v) is 19.4. The van der Waals surface area contributed by atoms with E-state index < -0.39 is 10.0 Å². The van der Waals surface area contributed by atoms with Gasteiger partial charge < -0.3 is 10.1 Å². The van der Waals surface area contributed by atoms with Gasteiger partial charge in [0.2, 0.25) is 10.0 Å². The minimum atomic E-state index is -3.48. The third-order valence-electron chi connectivity index (χ3n) is 4.84. The van der Waals surface area contributed by atoms with E-state index in [2.05, 4.69) is 11.4 Å². The van der Waals surface area contributed by atoms with Crippen LogP contribution in [-0.4, -0.2) is 33.7 Å². The van der Waals surface area contributed by atoms with Crippen LogP contribution in [0.5, 0.6) is 5.75 Å². The van der Waals surface area contributed by atoms with Gasteiger partial charge in [-0.3, -0.25) is 9.10 Å². The standard InChI is InChI=1S/C25H28N2O4S/c1-19-15-20(2)17-24(16-19)31-14-13-26-25(28)22-9-11-23(12-10-22)27(32(3,29)30)18-21-7-5-4-6-8-21/h4-12,15-17H,13-14,18H2,1-3H3,(H,26,28). The Bertz CT molecular complexity index is 1140. The summed E-state index contributed by atoms with van der Waals surface area (Å²) >= 11 is 0. The first kappa shape index (κ1) is 23.3. The van der Waals surface area contributed by atoms with Crippen molar-refractivity contribution in [2.24, 2.45) is 0 Å². The number of ether oxygens (including phenoxy) is 1. The molecule has 0 unspecified atom stereocenters. The molecule has 0 aromatic heterocycles. The molecule has 3 rings (SSSR count). The topological polar surface area (TPSA) is 75.7 Å². The molecule has 0 heterocycles. The fraction of sp³-hybridized carbons (Fsp3) is 0.240. The molecule has 32 heavy (non-hydrogen) atoms. The van der Waals surface area contributed by atoms with Gasteiger partial charge in [-0.05, 0) is 66.9 Å². The van der Waals surface area contributed by atoms with E-state index in [0.717, 1.165) is 22.4 Å². The van der Waals surface area contributed by atoms with E-state index in [-0.39, 0.29) is 12.5 Å². The third-order valence-corrected chi connectivity index (χ3v) is 5.98. The first-order valence-corrected chi connectivity index (χ1v) is 12.2. The number of amides is 1. The number of sulfonamides is 1. The SMILES string of the molecule is Cc1cc(C)cc(OCCNC(=O)c2ccc(N(Cc3ccccc3)S(C)(=O)=O)cc2)c1. The van der Waals surface area contributed by atoms with E-state index >= 15 is 0 Å². The van der Waals surface area contributed by atoms with E-state index in [4.69, 9.17) is 4.74 Å². The van der Waals surface area contributed by atoms with Crippen molar-refractivity contribution in [2.45, 2.75) is 20.4 Å². The van der Waals surface area contributed by atoms with E-state index in [1.807, 2.05) is 56.3 Å². The maximum atomic E-state index is 12.4. The number of benzene rings is 3. The Balaban J connectivity index is 1.59. The van der Waals surface area contributed by atoms with Crippen molar-refractivity contribution < 1.29 is 17.9 Å². The molecule has 1 N–H and O–H groups in total. The molecule has 0 fully saturated rings. The summed E-state index contributed by atoms with van der Waals surface area (Å²) in [5.41, 5.74) is 4.09. The summed E-state index contributed by atoms with van der Waals surface area (Å²) in [4.78, 5) is 12.4. The van der Waals surface area contributed by atoms with Gasteiger partial charge in [0.15, 0.2) is 0 Å². The molecule has 0 atom stereocenters. The number of anilines is 1. The number of carbonyl (C=O) groups is 1. The molecule has 1 amide bonds. The first-order valence-electron chi connectivity index (χ1n) is 10.3. The number of aryl methyl sites for hydroxylation is 2. The summed E-state index contributed by atoms with van der Waals surface area (Å²) in [5.74, 6) is 0.537. The molecule has 3 aromatic rings. The lowest BCUT2D eigenvalue weighted by Gasteiger charge is -2.22. The number of hydrogen-bond acceptors (Lipinski definition) is 4. The van der Waals surface area contributed by atoms with Crippen LogP contribution in [-0.2, 0) is 16.6 Å². The van der Waals surface area contributed by atoms with Crippen molar-refractivity contribution in [3.05, 3.63) is 95.1 Å². The molecular weight excluding hydrogens is 424 g/mol. The second-order valence-corrected chi connectivity index (χ2v) is 9.64. The molecule has 7 heteroatoms. The Kier molecular flexibility index (Phi) is 7.53. The van der Waals surface area contributed by atoms with Crippen LogP contribution < -0.4 is 14.4 Å². The van der Waals surface area contributed by atoms with Gasteiger partial charge in [0.1, 0.15) is 12.4 Å². The highest BCUT2D eigenvalue weighted by Gasteiger charge is 2.18. The van der Waals surface area contributed by atoms with Gasteiger partial charge in [-0.1, -0.05) is 36.4 Å². The maximum Gasteiger partial charge on any atom is 0.251 e. The molecule has 0 radical (unpaired) electrons. The Labute approximate surface area is 189 Å². The molecule has 3 aromatic carbocycles. The predicted molar refractivity (Wildman–Crippen MR) is 128 cm³/mol. The van der Waals surface area contributed by atoms with Gasteiger partial charge in [-0.2, -0.15) is 0 Å².